The summed E-state index contributed by atoms with van der Waals surface area (Å²) < 4.78 is 38.7. The monoisotopic (exact) mass is 497 g/mol. The molecular formula is C28H18F3N5O. The van der Waals surface area contributed by atoms with Crippen molar-refractivity contribution in [2.75, 3.05) is 0 Å². The molecule has 0 spiro atoms. The molecule has 0 aliphatic rings. The number of benzene rings is 1. The minimum absolute atomic E-state index is 0.0194. The summed E-state index contributed by atoms with van der Waals surface area (Å²) in [6.45, 7) is 0. The second-order valence-corrected chi connectivity index (χ2v) is 8.51. The van der Waals surface area contributed by atoms with E-state index in [-0.39, 0.29) is 18.6 Å². The molecule has 0 aliphatic heterocycles. The fourth-order valence-electron chi connectivity index (χ4n) is 4.04. The van der Waals surface area contributed by atoms with Gasteiger partial charge in [0.15, 0.2) is 0 Å². The molecule has 0 fully saturated rings. The lowest BCUT2D eigenvalue weighted by atomic mass is 10.0. The van der Waals surface area contributed by atoms with Gasteiger partial charge in [-0.2, -0.15) is 18.4 Å². The van der Waals surface area contributed by atoms with Crippen LogP contribution in [0.25, 0.3) is 33.4 Å². The number of aromatic amines is 1. The number of alkyl halides is 3. The van der Waals surface area contributed by atoms with Crippen LogP contribution in [0.3, 0.4) is 0 Å². The van der Waals surface area contributed by atoms with Crippen molar-refractivity contribution in [2.45, 2.75) is 19.0 Å². The topological polar surface area (TPSA) is 95.3 Å². The van der Waals surface area contributed by atoms with E-state index in [4.69, 9.17) is 5.26 Å². The largest absolute Gasteiger partial charge is 0.416 e. The van der Waals surface area contributed by atoms with Gasteiger partial charge < -0.3 is 4.98 Å². The first-order valence-corrected chi connectivity index (χ1v) is 11.3. The summed E-state index contributed by atoms with van der Waals surface area (Å²) in [5.41, 5.74) is 4.37. The van der Waals surface area contributed by atoms with Gasteiger partial charge in [-0.1, -0.05) is 24.3 Å². The number of nitrogens with one attached hydrogen (secondary N) is 1. The molecular weight excluding hydrogens is 479 g/mol. The van der Waals surface area contributed by atoms with Gasteiger partial charge in [-0.25, -0.2) is 9.97 Å². The Kier molecular flexibility index (Phi) is 6.24. The second-order valence-electron chi connectivity index (χ2n) is 8.51. The molecule has 1 N–H and O–H groups in total. The van der Waals surface area contributed by atoms with Crippen molar-refractivity contribution in [1.82, 2.24) is 19.9 Å². The van der Waals surface area contributed by atoms with Gasteiger partial charge in [-0.05, 0) is 42.0 Å². The van der Waals surface area contributed by atoms with E-state index in [1.807, 2.05) is 30.3 Å². The summed E-state index contributed by atoms with van der Waals surface area (Å²) >= 11 is 0. The summed E-state index contributed by atoms with van der Waals surface area (Å²) in [6, 6.07) is 17.8. The van der Waals surface area contributed by atoms with Crippen molar-refractivity contribution in [3.05, 3.63) is 102 Å². The number of carbonyl (C=O) groups excluding carboxylic acids is 1. The highest BCUT2D eigenvalue weighted by Gasteiger charge is 2.30. The highest BCUT2D eigenvalue weighted by Crippen LogP contribution is 2.30. The average Bonchev–Trinajstić information content (AvgIpc) is 3.32. The maximum Gasteiger partial charge on any atom is 0.416 e. The standard InChI is InChI=1S/C28H18F3N5O/c29-28(30,31)22-3-1-2-17(8-22)9-25(37)13-23-5-4-19(15-34-23)21-10-20-12-26(36-27(20)35-16-21)18-6-7-33-24(11-18)14-32/h1-8,10-12,15-16H,9,13H2,(H,35,36). The van der Waals surface area contributed by atoms with E-state index in [2.05, 4.69) is 19.9 Å². The zero-order valence-corrected chi connectivity index (χ0v) is 19.3. The second kappa shape index (κ2) is 9.66. The molecule has 0 atom stereocenters. The van der Waals surface area contributed by atoms with Crippen LogP contribution in [0.5, 0.6) is 0 Å². The maximum atomic E-state index is 12.9. The number of rotatable bonds is 6. The summed E-state index contributed by atoms with van der Waals surface area (Å²) in [4.78, 5) is 28.5. The van der Waals surface area contributed by atoms with E-state index in [1.165, 1.54) is 12.1 Å². The lowest BCUT2D eigenvalue weighted by Gasteiger charge is -2.08. The van der Waals surface area contributed by atoms with Crippen molar-refractivity contribution < 1.29 is 18.0 Å². The van der Waals surface area contributed by atoms with Crippen LogP contribution in [-0.4, -0.2) is 25.7 Å². The summed E-state index contributed by atoms with van der Waals surface area (Å²) in [5, 5.41) is 9.96. The predicted molar refractivity (Wildman–Crippen MR) is 131 cm³/mol. The lowest BCUT2D eigenvalue weighted by molar-refractivity contribution is -0.137. The number of carbonyl (C=O) groups is 1. The first-order valence-electron chi connectivity index (χ1n) is 11.3. The van der Waals surface area contributed by atoms with Gasteiger partial charge >= 0.3 is 6.18 Å². The first-order chi connectivity index (χ1) is 17.8. The third-order valence-electron chi connectivity index (χ3n) is 5.85. The Bertz CT molecular complexity index is 1650. The normalized spacial score (nSPS) is 11.4. The third-order valence-corrected chi connectivity index (χ3v) is 5.85. The number of halogens is 3. The fraction of sp³-hybridized carbons (Fsp3) is 0.107. The van der Waals surface area contributed by atoms with E-state index in [0.29, 0.717) is 22.6 Å². The molecule has 5 aromatic rings. The lowest BCUT2D eigenvalue weighted by Crippen LogP contribution is -2.10. The van der Waals surface area contributed by atoms with Crippen molar-refractivity contribution >= 4 is 16.8 Å². The number of nitriles is 1. The highest BCUT2D eigenvalue weighted by molar-refractivity contribution is 5.87. The minimum atomic E-state index is -4.45. The zero-order chi connectivity index (χ0) is 26.0. The SMILES string of the molecule is N#Cc1cc(-c2cc3cc(-c4ccc(CC(=O)Cc5cccc(C(F)(F)F)c5)nc4)cnc3[nH]2)ccn1. The van der Waals surface area contributed by atoms with Crippen LogP contribution >= 0.6 is 0 Å². The Balaban J connectivity index is 1.29. The van der Waals surface area contributed by atoms with Crippen LogP contribution < -0.4 is 0 Å². The fourth-order valence-corrected chi connectivity index (χ4v) is 4.04. The van der Waals surface area contributed by atoms with Crippen LogP contribution in [0, 0.1) is 11.3 Å². The first kappa shape index (κ1) is 23.9. The van der Waals surface area contributed by atoms with Crippen molar-refractivity contribution in [1.29, 1.82) is 5.26 Å². The molecule has 0 unspecified atom stereocenters. The Morgan fingerprint density at radius 2 is 1.73 bits per heavy atom. The third kappa shape index (κ3) is 5.38. The number of aromatic nitrogens is 4. The molecule has 0 saturated carbocycles. The molecule has 4 heterocycles. The molecule has 1 aromatic carbocycles. The quantitative estimate of drug-likeness (QED) is 0.314. The number of Topliss-reactive ketones (excluding diaryl/α,β-unsaturated/α-hetero) is 1. The number of H-pyrrole nitrogens is 1. The van der Waals surface area contributed by atoms with Crippen LogP contribution in [-0.2, 0) is 23.8 Å². The van der Waals surface area contributed by atoms with Crippen LogP contribution in [0.15, 0.2) is 79.3 Å². The van der Waals surface area contributed by atoms with Gasteiger partial charge in [0.05, 0.1) is 5.56 Å². The number of pyridine rings is 3. The van der Waals surface area contributed by atoms with Crippen molar-refractivity contribution in [2.24, 2.45) is 0 Å². The maximum absolute atomic E-state index is 12.9. The molecule has 4 aromatic heterocycles. The molecule has 0 bridgehead atoms. The zero-order valence-electron chi connectivity index (χ0n) is 19.3. The van der Waals surface area contributed by atoms with Crippen LogP contribution in [0.1, 0.15) is 22.5 Å². The Morgan fingerprint density at radius 3 is 2.49 bits per heavy atom. The summed E-state index contributed by atoms with van der Waals surface area (Å²) in [5.74, 6) is -0.224. The number of hydrogen-bond donors (Lipinski definition) is 1. The van der Waals surface area contributed by atoms with Gasteiger partial charge in [0.1, 0.15) is 23.2 Å². The Labute approximate surface area is 209 Å². The number of fused-ring (bicyclic) bond motifs is 1. The minimum Gasteiger partial charge on any atom is -0.339 e. The molecule has 5 rings (SSSR count). The average molecular weight is 497 g/mol. The van der Waals surface area contributed by atoms with Gasteiger partial charge in [-0.3, -0.25) is 9.78 Å². The van der Waals surface area contributed by atoms with E-state index in [0.717, 1.165) is 39.9 Å². The van der Waals surface area contributed by atoms with E-state index in [9.17, 15) is 18.0 Å². The van der Waals surface area contributed by atoms with Gasteiger partial charge in [-0.15, -0.1) is 0 Å². The smallest absolute Gasteiger partial charge is 0.339 e. The van der Waals surface area contributed by atoms with Crippen molar-refractivity contribution in [3.8, 4) is 28.5 Å². The van der Waals surface area contributed by atoms with E-state index in [1.54, 1.807) is 30.7 Å². The molecule has 37 heavy (non-hydrogen) atoms. The van der Waals surface area contributed by atoms with Crippen LogP contribution in [0.2, 0.25) is 0 Å². The Hall–Kier alpha value is -4.84. The van der Waals surface area contributed by atoms with Gasteiger partial charge in [0.25, 0.3) is 0 Å². The molecule has 0 saturated heterocycles. The summed E-state index contributed by atoms with van der Waals surface area (Å²) in [7, 11) is 0. The molecule has 0 amide bonds. The van der Waals surface area contributed by atoms with Gasteiger partial charge in [0, 0.05) is 64.9 Å². The molecule has 0 aliphatic carbocycles. The van der Waals surface area contributed by atoms with Gasteiger partial charge in [0.2, 0.25) is 0 Å². The Morgan fingerprint density at radius 1 is 0.892 bits per heavy atom. The molecule has 182 valence electrons. The van der Waals surface area contributed by atoms with Crippen molar-refractivity contribution in [3.63, 3.8) is 0 Å². The number of nitrogens with zero attached hydrogens (tertiary/aromatic N) is 4. The number of ketones is 1. The molecule has 0 radical (unpaired) electrons. The molecule has 9 heteroatoms. The van der Waals surface area contributed by atoms with E-state index < -0.39 is 11.7 Å². The predicted octanol–water partition coefficient (Wildman–Crippen LogP) is 5.93. The highest BCUT2D eigenvalue weighted by atomic mass is 19.4. The summed E-state index contributed by atoms with van der Waals surface area (Å²) in [6.07, 6.45) is 0.408. The van der Waals surface area contributed by atoms with E-state index >= 15 is 0 Å². The molecule has 6 nitrogen and oxygen atoms in total. The van der Waals surface area contributed by atoms with Crippen LogP contribution in [0.4, 0.5) is 13.2 Å². The number of hydrogen-bond acceptors (Lipinski definition) is 5.